The van der Waals surface area contributed by atoms with Crippen LogP contribution in [0.2, 0.25) is 0 Å². The summed E-state index contributed by atoms with van der Waals surface area (Å²) in [6.07, 6.45) is 2.04. The molecule has 2 nitrogen and oxygen atoms in total. The highest BCUT2D eigenvalue weighted by Crippen LogP contribution is 2.13. The lowest BCUT2D eigenvalue weighted by Crippen LogP contribution is -2.02. The van der Waals surface area contributed by atoms with Crippen molar-refractivity contribution >= 4 is 0 Å². The number of hydrogen-bond donors (Lipinski definition) is 0. The van der Waals surface area contributed by atoms with Crippen LogP contribution >= 0.6 is 0 Å². The lowest BCUT2D eigenvalue weighted by Gasteiger charge is -2.09. The summed E-state index contributed by atoms with van der Waals surface area (Å²) in [5, 5.41) is 0. The fourth-order valence-electron chi connectivity index (χ4n) is 2.39. The summed E-state index contributed by atoms with van der Waals surface area (Å²) < 4.78 is 11.5. The number of ether oxygens (including phenoxy) is 2. The van der Waals surface area contributed by atoms with Crippen LogP contribution in [0.25, 0.3) is 0 Å². The van der Waals surface area contributed by atoms with Crippen molar-refractivity contribution in [1.29, 1.82) is 0 Å². The molecule has 2 heteroatoms. The van der Waals surface area contributed by atoms with Gasteiger partial charge in [0.25, 0.3) is 0 Å². The standard InChI is InChI=1S/C20H26O2/c1-16-7-6-8-20(14-16)22-12-5-4-11-21-15-19-10-9-17(2)13-18(19)3/h6-10,13-14H,4-5,11-12,15H2,1-3H3. The molecule has 0 saturated heterocycles. The Labute approximate surface area is 134 Å². The van der Waals surface area contributed by atoms with Crippen LogP contribution < -0.4 is 4.74 Å². The molecule has 0 atom stereocenters. The van der Waals surface area contributed by atoms with Crippen LogP contribution in [0.15, 0.2) is 42.5 Å². The third-order valence-corrected chi connectivity index (χ3v) is 3.70. The molecule has 0 aliphatic heterocycles. The van der Waals surface area contributed by atoms with Crippen molar-refractivity contribution in [2.75, 3.05) is 13.2 Å². The summed E-state index contributed by atoms with van der Waals surface area (Å²) in [4.78, 5) is 0. The minimum atomic E-state index is 0.699. The van der Waals surface area contributed by atoms with Gasteiger partial charge in [-0.3, -0.25) is 0 Å². The highest BCUT2D eigenvalue weighted by Gasteiger charge is 1.99. The quantitative estimate of drug-likeness (QED) is 0.639. The summed E-state index contributed by atoms with van der Waals surface area (Å²) in [7, 11) is 0. The Morgan fingerprint density at radius 2 is 1.59 bits per heavy atom. The van der Waals surface area contributed by atoms with Gasteiger partial charge in [-0.1, -0.05) is 35.9 Å². The summed E-state index contributed by atoms with van der Waals surface area (Å²) in [5.74, 6) is 0.955. The van der Waals surface area contributed by atoms with Gasteiger partial charge < -0.3 is 9.47 Å². The third kappa shape index (κ3) is 5.53. The van der Waals surface area contributed by atoms with Crippen LogP contribution in [0.4, 0.5) is 0 Å². The predicted octanol–water partition coefficient (Wildman–Crippen LogP) is 4.99. The Balaban J connectivity index is 1.58. The molecular formula is C20H26O2. The second-order valence-corrected chi connectivity index (χ2v) is 5.85. The first-order valence-electron chi connectivity index (χ1n) is 7.98. The first-order valence-corrected chi connectivity index (χ1v) is 7.98. The minimum Gasteiger partial charge on any atom is -0.494 e. The molecule has 0 bridgehead atoms. The zero-order valence-electron chi connectivity index (χ0n) is 13.9. The van der Waals surface area contributed by atoms with Crippen molar-refractivity contribution in [2.24, 2.45) is 0 Å². The van der Waals surface area contributed by atoms with Crippen molar-refractivity contribution in [2.45, 2.75) is 40.2 Å². The molecule has 0 aromatic heterocycles. The summed E-state index contributed by atoms with van der Waals surface area (Å²) in [6.45, 7) is 8.56. The molecular weight excluding hydrogens is 272 g/mol. The van der Waals surface area contributed by atoms with E-state index in [1.807, 2.05) is 12.1 Å². The topological polar surface area (TPSA) is 18.5 Å². The van der Waals surface area contributed by atoms with Gasteiger partial charge in [-0.05, 0) is 62.4 Å². The number of rotatable bonds is 8. The minimum absolute atomic E-state index is 0.699. The highest BCUT2D eigenvalue weighted by atomic mass is 16.5. The van der Waals surface area contributed by atoms with E-state index in [2.05, 4.69) is 51.1 Å². The average molecular weight is 298 g/mol. The van der Waals surface area contributed by atoms with Crippen LogP contribution in [0.5, 0.6) is 5.75 Å². The summed E-state index contributed by atoms with van der Waals surface area (Å²) in [6, 6.07) is 14.7. The number of hydrogen-bond acceptors (Lipinski definition) is 2. The van der Waals surface area contributed by atoms with E-state index in [0.717, 1.165) is 31.8 Å². The maximum absolute atomic E-state index is 5.76. The summed E-state index contributed by atoms with van der Waals surface area (Å²) >= 11 is 0. The van der Waals surface area contributed by atoms with Crippen molar-refractivity contribution < 1.29 is 9.47 Å². The lowest BCUT2D eigenvalue weighted by atomic mass is 10.1. The van der Waals surface area contributed by atoms with E-state index in [-0.39, 0.29) is 0 Å². The zero-order valence-corrected chi connectivity index (χ0v) is 13.9. The molecule has 22 heavy (non-hydrogen) atoms. The van der Waals surface area contributed by atoms with Gasteiger partial charge in [0, 0.05) is 6.61 Å². The van der Waals surface area contributed by atoms with Crippen LogP contribution in [-0.4, -0.2) is 13.2 Å². The smallest absolute Gasteiger partial charge is 0.119 e. The molecule has 0 spiro atoms. The molecule has 2 rings (SSSR count). The van der Waals surface area contributed by atoms with Gasteiger partial charge in [0.2, 0.25) is 0 Å². The highest BCUT2D eigenvalue weighted by molar-refractivity contribution is 5.29. The Morgan fingerprint density at radius 1 is 0.818 bits per heavy atom. The number of unbranched alkanes of at least 4 members (excludes halogenated alkanes) is 1. The molecule has 0 aliphatic carbocycles. The van der Waals surface area contributed by atoms with Crippen LogP contribution in [-0.2, 0) is 11.3 Å². The fourth-order valence-corrected chi connectivity index (χ4v) is 2.39. The van der Waals surface area contributed by atoms with Gasteiger partial charge >= 0.3 is 0 Å². The molecule has 0 N–H and O–H groups in total. The number of benzene rings is 2. The maximum atomic E-state index is 5.76. The zero-order chi connectivity index (χ0) is 15.8. The van der Waals surface area contributed by atoms with Crippen LogP contribution in [0, 0.1) is 20.8 Å². The van der Waals surface area contributed by atoms with Crippen molar-refractivity contribution in [3.63, 3.8) is 0 Å². The Hall–Kier alpha value is -1.80. The molecule has 0 amide bonds. The van der Waals surface area contributed by atoms with Gasteiger partial charge in [0.15, 0.2) is 0 Å². The molecule has 0 fully saturated rings. The van der Waals surface area contributed by atoms with E-state index in [1.54, 1.807) is 0 Å². The SMILES string of the molecule is Cc1cccc(OCCCCOCc2ccc(C)cc2C)c1. The average Bonchev–Trinajstić information content (AvgIpc) is 2.48. The molecule has 2 aromatic rings. The van der Waals surface area contributed by atoms with Crippen LogP contribution in [0.3, 0.4) is 0 Å². The summed E-state index contributed by atoms with van der Waals surface area (Å²) in [5.41, 5.74) is 5.12. The van der Waals surface area contributed by atoms with E-state index in [4.69, 9.17) is 9.47 Å². The first-order chi connectivity index (χ1) is 10.6. The van der Waals surface area contributed by atoms with E-state index >= 15 is 0 Å². The normalized spacial score (nSPS) is 10.7. The Bertz CT molecular complexity index is 590. The number of aryl methyl sites for hydroxylation is 3. The molecule has 118 valence electrons. The van der Waals surface area contributed by atoms with E-state index in [1.165, 1.54) is 22.3 Å². The molecule has 0 aliphatic rings. The van der Waals surface area contributed by atoms with Gasteiger partial charge in [-0.25, -0.2) is 0 Å². The second-order valence-electron chi connectivity index (χ2n) is 5.85. The molecule has 0 saturated carbocycles. The van der Waals surface area contributed by atoms with Gasteiger partial charge in [-0.15, -0.1) is 0 Å². The van der Waals surface area contributed by atoms with E-state index in [0.29, 0.717) is 6.61 Å². The molecule has 0 heterocycles. The largest absolute Gasteiger partial charge is 0.494 e. The van der Waals surface area contributed by atoms with Crippen LogP contribution in [0.1, 0.15) is 35.1 Å². The molecule has 0 radical (unpaired) electrons. The van der Waals surface area contributed by atoms with E-state index in [9.17, 15) is 0 Å². The maximum Gasteiger partial charge on any atom is 0.119 e. The Morgan fingerprint density at radius 3 is 2.36 bits per heavy atom. The fraction of sp³-hybridized carbons (Fsp3) is 0.400. The molecule has 0 unspecified atom stereocenters. The van der Waals surface area contributed by atoms with Gasteiger partial charge in [0.05, 0.1) is 13.2 Å². The second kappa shape index (κ2) is 8.60. The first kappa shape index (κ1) is 16.6. The van der Waals surface area contributed by atoms with E-state index < -0.39 is 0 Å². The Kier molecular flexibility index (Phi) is 6.47. The van der Waals surface area contributed by atoms with Crippen molar-refractivity contribution in [3.8, 4) is 5.75 Å². The van der Waals surface area contributed by atoms with Crippen molar-refractivity contribution in [3.05, 3.63) is 64.7 Å². The predicted molar refractivity (Wildman–Crippen MR) is 91.5 cm³/mol. The van der Waals surface area contributed by atoms with Crippen molar-refractivity contribution in [1.82, 2.24) is 0 Å². The van der Waals surface area contributed by atoms with Gasteiger partial charge in [0.1, 0.15) is 5.75 Å². The lowest BCUT2D eigenvalue weighted by molar-refractivity contribution is 0.113. The monoisotopic (exact) mass is 298 g/mol. The third-order valence-electron chi connectivity index (χ3n) is 3.70. The molecule has 2 aromatic carbocycles. The van der Waals surface area contributed by atoms with Gasteiger partial charge in [-0.2, -0.15) is 0 Å².